The molecule has 0 saturated heterocycles. The molecular weight excluding hydrogens is 264 g/mol. The SMILES string of the molecule is CCCn1nnnc1CN(CCCN)Cc1ccccc1. The Labute approximate surface area is 125 Å². The lowest BCUT2D eigenvalue weighted by molar-refractivity contribution is 0.243. The Kier molecular flexibility index (Phi) is 6.30. The maximum atomic E-state index is 5.65. The fourth-order valence-corrected chi connectivity index (χ4v) is 2.29. The highest BCUT2D eigenvalue weighted by Crippen LogP contribution is 2.09. The van der Waals surface area contributed by atoms with Crippen molar-refractivity contribution >= 4 is 0 Å². The second-order valence-corrected chi connectivity index (χ2v) is 5.16. The predicted octanol–water partition coefficient (Wildman–Crippen LogP) is 1.43. The molecule has 2 aromatic rings. The van der Waals surface area contributed by atoms with E-state index in [4.69, 9.17) is 5.73 Å². The van der Waals surface area contributed by atoms with Gasteiger partial charge in [0, 0.05) is 19.6 Å². The van der Waals surface area contributed by atoms with Crippen LogP contribution in [0.25, 0.3) is 0 Å². The van der Waals surface area contributed by atoms with Crippen molar-refractivity contribution in [3.05, 3.63) is 41.7 Å². The van der Waals surface area contributed by atoms with Crippen molar-refractivity contribution < 1.29 is 0 Å². The van der Waals surface area contributed by atoms with E-state index in [0.717, 1.165) is 44.8 Å². The lowest BCUT2D eigenvalue weighted by Crippen LogP contribution is -2.27. The van der Waals surface area contributed by atoms with E-state index in [1.807, 2.05) is 10.7 Å². The van der Waals surface area contributed by atoms with Gasteiger partial charge in [0.2, 0.25) is 0 Å². The van der Waals surface area contributed by atoms with Crippen LogP contribution < -0.4 is 5.73 Å². The minimum absolute atomic E-state index is 0.700. The summed E-state index contributed by atoms with van der Waals surface area (Å²) in [5.74, 6) is 0.921. The molecule has 0 amide bonds. The lowest BCUT2D eigenvalue weighted by atomic mass is 10.2. The Morgan fingerprint density at radius 1 is 1.19 bits per heavy atom. The van der Waals surface area contributed by atoms with Gasteiger partial charge in [-0.25, -0.2) is 4.68 Å². The summed E-state index contributed by atoms with van der Waals surface area (Å²) in [7, 11) is 0. The van der Waals surface area contributed by atoms with Crippen LogP contribution in [0, 0.1) is 0 Å². The zero-order valence-corrected chi connectivity index (χ0v) is 12.6. The summed E-state index contributed by atoms with van der Waals surface area (Å²) in [6, 6.07) is 10.5. The van der Waals surface area contributed by atoms with Gasteiger partial charge in [-0.05, 0) is 35.4 Å². The van der Waals surface area contributed by atoms with Crippen molar-refractivity contribution in [3.8, 4) is 0 Å². The summed E-state index contributed by atoms with van der Waals surface area (Å²) >= 11 is 0. The Morgan fingerprint density at radius 3 is 2.71 bits per heavy atom. The topological polar surface area (TPSA) is 72.9 Å². The van der Waals surface area contributed by atoms with Crippen molar-refractivity contribution in [2.45, 2.75) is 39.4 Å². The largest absolute Gasteiger partial charge is 0.330 e. The smallest absolute Gasteiger partial charge is 0.165 e. The second kappa shape index (κ2) is 8.49. The molecule has 0 aliphatic rings. The van der Waals surface area contributed by atoms with Crippen LogP contribution in [0.3, 0.4) is 0 Å². The van der Waals surface area contributed by atoms with E-state index in [1.54, 1.807) is 0 Å². The third-order valence-corrected chi connectivity index (χ3v) is 3.33. The van der Waals surface area contributed by atoms with Crippen molar-refractivity contribution in [3.63, 3.8) is 0 Å². The first-order valence-electron chi connectivity index (χ1n) is 7.55. The van der Waals surface area contributed by atoms with Gasteiger partial charge < -0.3 is 5.73 Å². The quantitative estimate of drug-likeness (QED) is 0.756. The van der Waals surface area contributed by atoms with Gasteiger partial charge in [-0.1, -0.05) is 37.3 Å². The minimum atomic E-state index is 0.700. The normalized spacial score (nSPS) is 11.2. The van der Waals surface area contributed by atoms with Crippen LogP contribution in [-0.2, 0) is 19.6 Å². The average molecular weight is 288 g/mol. The maximum absolute atomic E-state index is 5.65. The molecule has 114 valence electrons. The third-order valence-electron chi connectivity index (χ3n) is 3.33. The summed E-state index contributed by atoms with van der Waals surface area (Å²) in [4.78, 5) is 2.35. The molecule has 0 unspecified atom stereocenters. The van der Waals surface area contributed by atoms with Gasteiger partial charge in [0.25, 0.3) is 0 Å². The molecule has 2 rings (SSSR count). The number of aromatic nitrogens is 4. The molecule has 6 nitrogen and oxygen atoms in total. The number of hydrogen-bond donors (Lipinski definition) is 1. The number of benzene rings is 1. The summed E-state index contributed by atoms with van der Waals surface area (Å²) < 4.78 is 1.89. The van der Waals surface area contributed by atoms with E-state index in [-0.39, 0.29) is 0 Å². The Balaban J connectivity index is 2.03. The standard InChI is InChI=1S/C15H24N6/c1-2-10-21-15(17-18-19-21)13-20(11-6-9-16)12-14-7-4-3-5-8-14/h3-5,7-8H,2,6,9-13,16H2,1H3. The first kappa shape index (κ1) is 15.6. The Morgan fingerprint density at radius 2 is 2.00 bits per heavy atom. The molecule has 21 heavy (non-hydrogen) atoms. The van der Waals surface area contributed by atoms with Crippen LogP contribution in [0.1, 0.15) is 31.2 Å². The van der Waals surface area contributed by atoms with E-state index in [2.05, 4.69) is 51.6 Å². The van der Waals surface area contributed by atoms with Crippen molar-refractivity contribution in [2.24, 2.45) is 5.73 Å². The summed E-state index contributed by atoms with van der Waals surface area (Å²) in [5, 5.41) is 12.0. The van der Waals surface area contributed by atoms with Crippen LogP contribution in [0.2, 0.25) is 0 Å². The van der Waals surface area contributed by atoms with Gasteiger partial charge in [-0.15, -0.1) is 5.10 Å². The first-order valence-corrected chi connectivity index (χ1v) is 7.55. The summed E-state index contributed by atoms with van der Waals surface area (Å²) in [6.07, 6.45) is 2.00. The number of aryl methyl sites for hydroxylation is 1. The van der Waals surface area contributed by atoms with Crippen LogP contribution >= 0.6 is 0 Å². The molecule has 1 aromatic heterocycles. The lowest BCUT2D eigenvalue weighted by Gasteiger charge is -2.21. The van der Waals surface area contributed by atoms with Crippen LogP contribution in [0.5, 0.6) is 0 Å². The molecule has 0 atom stereocenters. The second-order valence-electron chi connectivity index (χ2n) is 5.16. The highest BCUT2D eigenvalue weighted by Gasteiger charge is 2.12. The van der Waals surface area contributed by atoms with E-state index in [1.165, 1.54) is 5.56 Å². The number of rotatable bonds is 9. The zero-order valence-electron chi connectivity index (χ0n) is 12.6. The Hall–Kier alpha value is -1.79. The molecular formula is C15H24N6. The highest BCUT2D eigenvalue weighted by molar-refractivity contribution is 5.14. The van der Waals surface area contributed by atoms with Gasteiger partial charge >= 0.3 is 0 Å². The maximum Gasteiger partial charge on any atom is 0.165 e. The highest BCUT2D eigenvalue weighted by atomic mass is 15.5. The molecule has 0 fully saturated rings. The van der Waals surface area contributed by atoms with E-state index in [9.17, 15) is 0 Å². The van der Waals surface area contributed by atoms with E-state index >= 15 is 0 Å². The molecule has 1 heterocycles. The van der Waals surface area contributed by atoms with Crippen LogP contribution in [0.15, 0.2) is 30.3 Å². The predicted molar refractivity (Wildman–Crippen MR) is 82.3 cm³/mol. The fraction of sp³-hybridized carbons (Fsp3) is 0.533. The first-order chi connectivity index (χ1) is 10.3. The van der Waals surface area contributed by atoms with Gasteiger partial charge in [-0.2, -0.15) is 0 Å². The molecule has 2 N–H and O–H groups in total. The molecule has 6 heteroatoms. The van der Waals surface area contributed by atoms with Crippen molar-refractivity contribution in [2.75, 3.05) is 13.1 Å². The molecule has 0 saturated carbocycles. The number of nitrogens with two attached hydrogens (primary N) is 1. The van der Waals surface area contributed by atoms with E-state index in [0.29, 0.717) is 6.54 Å². The third kappa shape index (κ3) is 4.91. The van der Waals surface area contributed by atoms with E-state index < -0.39 is 0 Å². The molecule has 0 aliphatic carbocycles. The van der Waals surface area contributed by atoms with Crippen molar-refractivity contribution in [1.82, 2.24) is 25.1 Å². The molecule has 0 spiro atoms. The van der Waals surface area contributed by atoms with Crippen molar-refractivity contribution in [1.29, 1.82) is 0 Å². The number of nitrogens with zero attached hydrogens (tertiary/aromatic N) is 5. The van der Waals surface area contributed by atoms with Gasteiger partial charge in [0.15, 0.2) is 5.82 Å². The molecule has 1 aromatic carbocycles. The number of tetrazole rings is 1. The van der Waals surface area contributed by atoms with Crippen LogP contribution in [0.4, 0.5) is 0 Å². The fourth-order valence-electron chi connectivity index (χ4n) is 2.29. The minimum Gasteiger partial charge on any atom is -0.330 e. The zero-order chi connectivity index (χ0) is 14.9. The van der Waals surface area contributed by atoms with Gasteiger partial charge in [0.05, 0.1) is 6.54 Å². The van der Waals surface area contributed by atoms with Crippen LogP contribution in [-0.4, -0.2) is 38.2 Å². The average Bonchev–Trinajstić information content (AvgIpc) is 2.93. The molecule has 0 radical (unpaired) electrons. The summed E-state index contributed by atoms with van der Waals surface area (Å²) in [6.45, 7) is 6.28. The Bertz CT molecular complexity index is 510. The molecule has 0 aliphatic heterocycles. The molecule has 0 bridgehead atoms. The monoisotopic (exact) mass is 288 g/mol. The van der Waals surface area contributed by atoms with Gasteiger partial charge in [0.1, 0.15) is 0 Å². The van der Waals surface area contributed by atoms with Gasteiger partial charge in [-0.3, -0.25) is 4.90 Å². The number of hydrogen-bond acceptors (Lipinski definition) is 5. The summed E-state index contributed by atoms with van der Waals surface area (Å²) in [5.41, 5.74) is 6.94.